The monoisotopic (exact) mass is 419 g/mol. The molecular formula is C25H26FN3O2. The summed E-state index contributed by atoms with van der Waals surface area (Å²) in [5.41, 5.74) is 3.82. The highest BCUT2D eigenvalue weighted by molar-refractivity contribution is 5.99. The van der Waals surface area contributed by atoms with Gasteiger partial charge in [-0.15, -0.1) is 0 Å². The highest BCUT2D eigenvalue weighted by Gasteiger charge is 2.26. The van der Waals surface area contributed by atoms with Crippen LogP contribution >= 0.6 is 0 Å². The molecule has 31 heavy (non-hydrogen) atoms. The van der Waals surface area contributed by atoms with Crippen LogP contribution in [-0.4, -0.2) is 58.8 Å². The summed E-state index contributed by atoms with van der Waals surface area (Å²) in [5.74, 6) is -0.724. The molecule has 2 heterocycles. The maximum atomic E-state index is 13.9. The molecule has 3 aromatic rings. The Kier molecular flexibility index (Phi) is 6.00. The molecule has 0 bridgehead atoms. The molecule has 1 fully saturated rings. The summed E-state index contributed by atoms with van der Waals surface area (Å²) < 4.78 is 16.0. The smallest absolute Gasteiger partial charge is 0.256 e. The quantitative estimate of drug-likeness (QED) is 0.590. The van der Waals surface area contributed by atoms with Crippen molar-refractivity contribution in [1.29, 1.82) is 0 Å². The molecule has 0 unspecified atom stereocenters. The number of para-hydroxylation sites is 1. The molecule has 1 amide bonds. The zero-order valence-corrected chi connectivity index (χ0v) is 17.8. The van der Waals surface area contributed by atoms with E-state index >= 15 is 0 Å². The second kappa shape index (κ2) is 8.86. The lowest BCUT2D eigenvalue weighted by Crippen LogP contribution is -2.50. The van der Waals surface area contributed by atoms with Crippen LogP contribution in [0.15, 0.2) is 60.7 Å². The first kappa shape index (κ1) is 21.0. The van der Waals surface area contributed by atoms with Gasteiger partial charge < -0.3 is 9.47 Å². The lowest BCUT2D eigenvalue weighted by atomic mass is 10.1. The predicted octanol–water partition coefficient (Wildman–Crippen LogP) is 3.87. The van der Waals surface area contributed by atoms with Gasteiger partial charge in [0.15, 0.2) is 5.78 Å². The fraction of sp³-hybridized carbons (Fsp3) is 0.280. The summed E-state index contributed by atoms with van der Waals surface area (Å²) in [7, 11) is 0. The number of halogens is 1. The van der Waals surface area contributed by atoms with Gasteiger partial charge in [0.1, 0.15) is 5.82 Å². The number of piperazine rings is 1. The summed E-state index contributed by atoms with van der Waals surface area (Å²) in [6, 6.07) is 18.0. The molecule has 0 aliphatic carbocycles. The topological polar surface area (TPSA) is 45.6 Å². The average Bonchev–Trinajstić information content (AvgIpc) is 3.09. The molecule has 1 aliphatic heterocycles. The van der Waals surface area contributed by atoms with Crippen LogP contribution in [0.25, 0.3) is 5.69 Å². The lowest BCUT2D eigenvalue weighted by molar-refractivity contribution is 0.0620. The molecule has 0 saturated carbocycles. The molecule has 4 rings (SSSR count). The van der Waals surface area contributed by atoms with Gasteiger partial charge in [0.2, 0.25) is 0 Å². The SMILES string of the molecule is Cc1cc(C(=O)CN2CCN(C(=O)c3ccccc3F)CC2)c(C)n1-c1ccccc1. The van der Waals surface area contributed by atoms with Crippen molar-refractivity contribution in [2.75, 3.05) is 32.7 Å². The van der Waals surface area contributed by atoms with Crippen molar-refractivity contribution in [2.45, 2.75) is 13.8 Å². The number of rotatable bonds is 5. The number of hydrogen-bond acceptors (Lipinski definition) is 3. The van der Waals surface area contributed by atoms with Crippen molar-refractivity contribution in [1.82, 2.24) is 14.4 Å². The standard InChI is InChI=1S/C25H26FN3O2/c1-18-16-22(19(2)29(18)20-8-4-3-5-9-20)24(30)17-27-12-14-28(15-13-27)25(31)21-10-6-7-11-23(21)26/h3-11,16H,12-15,17H2,1-2H3. The Hall–Kier alpha value is -3.25. The number of aryl methyl sites for hydroxylation is 1. The Morgan fingerprint density at radius 3 is 2.19 bits per heavy atom. The molecule has 0 atom stereocenters. The van der Waals surface area contributed by atoms with Crippen molar-refractivity contribution >= 4 is 11.7 Å². The van der Waals surface area contributed by atoms with Crippen molar-refractivity contribution in [3.63, 3.8) is 0 Å². The second-order valence-corrected chi connectivity index (χ2v) is 7.93. The molecule has 0 spiro atoms. The Balaban J connectivity index is 1.40. The zero-order chi connectivity index (χ0) is 22.0. The summed E-state index contributed by atoms with van der Waals surface area (Å²) in [5, 5.41) is 0. The molecule has 5 nitrogen and oxygen atoms in total. The maximum absolute atomic E-state index is 13.9. The van der Waals surface area contributed by atoms with Crippen LogP contribution in [0.2, 0.25) is 0 Å². The van der Waals surface area contributed by atoms with Crippen LogP contribution in [0.3, 0.4) is 0 Å². The van der Waals surface area contributed by atoms with Gasteiger partial charge in [-0.2, -0.15) is 0 Å². The van der Waals surface area contributed by atoms with Crippen molar-refractivity contribution < 1.29 is 14.0 Å². The fourth-order valence-electron chi connectivity index (χ4n) is 4.22. The Labute approximate surface area is 181 Å². The molecule has 1 aliphatic rings. The van der Waals surface area contributed by atoms with E-state index in [4.69, 9.17) is 0 Å². The number of Topliss-reactive ketones (excluding diaryl/α,β-unsaturated/α-hetero) is 1. The number of hydrogen-bond donors (Lipinski definition) is 0. The first-order valence-corrected chi connectivity index (χ1v) is 10.5. The molecule has 2 aromatic carbocycles. The van der Waals surface area contributed by atoms with Crippen LogP contribution < -0.4 is 0 Å². The van der Waals surface area contributed by atoms with Gasteiger partial charge in [0, 0.05) is 48.8 Å². The molecule has 0 N–H and O–H groups in total. The normalized spacial score (nSPS) is 14.6. The third-order valence-electron chi connectivity index (χ3n) is 5.88. The molecule has 160 valence electrons. The van der Waals surface area contributed by atoms with E-state index in [1.807, 2.05) is 50.2 Å². The van der Waals surface area contributed by atoms with Gasteiger partial charge in [-0.05, 0) is 44.2 Å². The summed E-state index contributed by atoms with van der Waals surface area (Å²) in [6.07, 6.45) is 0. The van der Waals surface area contributed by atoms with E-state index in [1.165, 1.54) is 12.1 Å². The molecule has 1 saturated heterocycles. The minimum Gasteiger partial charge on any atom is -0.336 e. The average molecular weight is 420 g/mol. The van der Waals surface area contributed by atoms with Gasteiger partial charge in [-0.25, -0.2) is 4.39 Å². The molecule has 6 heteroatoms. The van der Waals surface area contributed by atoms with Crippen LogP contribution in [0.4, 0.5) is 4.39 Å². The largest absolute Gasteiger partial charge is 0.336 e. The van der Waals surface area contributed by atoms with Crippen molar-refractivity contribution in [3.05, 3.63) is 89.0 Å². The minimum absolute atomic E-state index is 0.0733. The van der Waals surface area contributed by atoms with Gasteiger partial charge in [-0.1, -0.05) is 30.3 Å². The summed E-state index contributed by atoms with van der Waals surface area (Å²) in [6.45, 7) is 6.41. The Bertz CT molecular complexity index is 1100. The van der Waals surface area contributed by atoms with E-state index < -0.39 is 5.82 Å². The van der Waals surface area contributed by atoms with E-state index in [0.717, 1.165) is 22.6 Å². The minimum atomic E-state index is -0.501. The number of carbonyl (C=O) groups is 2. The lowest BCUT2D eigenvalue weighted by Gasteiger charge is -2.34. The third kappa shape index (κ3) is 4.30. The summed E-state index contributed by atoms with van der Waals surface area (Å²) in [4.78, 5) is 29.3. The zero-order valence-electron chi connectivity index (χ0n) is 17.8. The van der Waals surface area contributed by atoms with Crippen LogP contribution in [-0.2, 0) is 0 Å². The highest BCUT2D eigenvalue weighted by atomic mass is 19.1. The Morgan fingerprint density at radius 1 is 0.871 bits per heavy atom. The van der Waals surface area contributed by atoms with Gasteiger partial charge >= 0.3 is 0 Å². The summed E-state index contributed by atoms with van der Waals surface area (Å²) >= 11 is 0. The van der Waals surface area contributed by atoms with E-state index in [2.05, 4.69) is 9.47 Å². The van der Waals surface area contributed by atoms with Crippen LogP contribution in [0.1, 0.15) is 32.1 Å². The van der Waals surface area contributed by atoms with Gasteiger partial charge in [0.05, 0.1) is 12.1 Å². The first-order valence-electron chi connectivity index (χ1n) is 10.5. The second-order valence-electron chi connectivity index (χ2n) is 7.93. The van der Waals surface area contributed by atoms with Crippen LogP contribution in [0.5, 0.6) is 0 Å². The van der Waals surface area contributed by atoms with Crippen LogP contribution in [0, 0.1) is 19.7 Å². The van der Waals surface area contributed by atoms with Gasteiger partial charge in [0.25, 0.3) is 5.91 Å². The predicted molar refractivity (Wildman–Crippen MR) is 118 cm³/mol. The van der Waals surface area contributed by atoms with E-state index in [-0.39, 0.29) is 17.3 Å². The third-order valence-corrected chi connectivity index (χ3v) is 5.88. The first-order chi connectivity index (χ1) is 15.0. The van der Waals surface area contributed by atoms with Crippen molar-refractivity contribution in [3.8, 4) is 5.69 Å². The van der Waals surface area contributed by atoms with E-state index in [0.29, 0.717) is 32.7 Å². The highest BCUT2D eigenvalue weighted by Crippen LogP contribution is 2.21. The molecule has 1 aromatic heterocycles. The number of amides is 1. The maximum Gasteiger partial charge on any atom is 0.256 e. The van der Waals surface area contributed by atoms with Crippen molar-refractivity contribution in [2.24, 2.45) is 0 Å². The number of ketones is 1. The van der Waals surface area contributed by atoms with E-state index in [1.54, 1.807) is 17.0 Å². The van der Waals surface area contributed by atoms with E-state index in [9.17, 15) is 14.0 Å². The number of carbonyl (C=O) groups excluding carboxylic acids is 2. The molecule has 0 radical (unpaired) electrons. The number of nitrogens with zero attached hydrogens (tertiary/aromatic N) is 3. The number of benzene rings is 2. The fourth-order valence-corrected chi connectivity index (χ4v) is 4.22. The Morgan fingerprint density at radius 2 is 1.52 bits per heavy atom. The molecular weight excluding hydrogens is 393 g/mol. The van der Waals surface area contributed by atoms with Gasteiger partial charge in [-0.3, -0.25) is 14.5 Å². The number of aromatic nitrogens is 1.